The van der Waals surface area contributed by atoms with Gasteiger partial charge in [0.25, 0.3) is 0 Å². The molecule has 0 amide bonds. The van der Waals surface area contributed by atoms with Crippen LogP contribution in [-0.4, -0.2) is 4.57 Å². The second-order valence-corrected chi connectivity index (χ2v) is 3.17. The molecule has 66 valence electrons. The van der Waals surface area contributed by atoms with E-state index in [1.807, 2.05) is 0 Å². The maximum absolute atomic E-state index is 2.20. The number of hydrogen-bond acceptors (Lipinski definition) is 0. The third kappa shape index (κ3) is 1.00. The number of benzene rings is 1. The van der Waals surface area contributed by atoms with Gasteiger partial charge >= 0.3 is 0 Å². The third-order valence-corrected chi connectivity index (χ3v) is 2.43. The number of hydrogen-bond donors (Lipinski definition) is 0. The predicted octanol–water partition coefficient (Wildman–Crippen LogP) is 3.30. The molecular weight excluding hydrogens is 158 g/mol. The van der Waals surface area contributed by atoms with Crippen molar-refractivity contribution in [2.24, 2.45) is 0 Å². The summed E-state index contributed by atoms with van der Waals surface area (Å²) in [7, 11) is 0. The summed E-state index contributed by atoms with van der Waals surface area (Å²) < 4.78 is 2.19. The number of para-hydroxylation sites is 1. The average Bonchev–Trinajstić information content (AvgIpc) is 2.52. The summed E-state index contributed by atoms with van der Waals surface area (Å²) in [5.74, 6) is 0. The van der Waals surface area contributed by atoms with Gasteiger partial charge in [-0.3, -0.25) is 0 Å². The Balaban J connectivity index is 0.000000653. The summed E-state index contributed by atoms with van der Waals surface area (Å²) in [6.07, 6.45) is 7.52. The van der Waals surface area contributed by atoms with Crippen molar-refractivity contribution in [2.75, 3.05) is 0 Å². The lowest BCUT2D eigenvalue weighted by atomic mass is 10.1. The Morgan fingerprint density at radius 2 is 2.08 bits per heavy atom. The van der Waals surface area contributed by atoms with Crippen LogP contribution in [-0.2, 0) is 6.42 Å². The largest absolute Gasteiger partial charge is 0.323 e. The van der Waals surface area contributed by atoms with E-state index in [9.17, 15) is 0 Å². The molecule has 0 fully saturated rings. The lowest BCUT2D eigenvalue weighted by molar-refractivity contribution is 1.14. The molecule has 0 spiro atoms. The van der Waals surface area contributed by atoms with Gasteiger partial charge in [-0.1, -0.05) is 31.7 Å². The van der Waals surface area contributed by atoms with Gasteiger partial charge in [-0.2, -0.15) is 0 Å². The molecular formula is C12H13N. The Labute approximate surface area is 78.3 Å². The summed E-state index contributed by atoms with van der Waals surface area (Å²) in [6.45, 7) is 0. The molecule has 0 atom stereocenters. The molecule has 0 saturated heterocycles. The summed E-state index contributed by atoms with van der Waals surface area (Å²) in [6, 6.07) is 8.65. The van der Waals surface area contributed by atoms with Crippen molar-refractivity contribution in [3.05, 3.63) is 42.1 Å². The Kier molecular flexibility index (Phi) is 1.73. The highest BCUT2D eigenvalue weighted by molar-refractivity contribution is 5.86. The first-order chi connectivity index (χ1) is 5.95. The fraction of sp³-hybridized carbons (Fsp3) is 0.167. The lowest BCUT2D eigenvalue weighted by Crippen LogP contribution is -1.94. The van der Waals surface area contributed by atoms with E-state index < -0.39 is 0 Å². The maximum atomic E-state index is 2.20. The second kappa shape index (κ2) is 2.77. The van der Waals surface area contributed by atoms with Gasteiger partial charge in [0, 0.05) is 17.8 Å². The van der Waals surface area contributed by atoms with Crippen LogP contribution in [0, 0.1) is 0 Å². The van der Waals surface area contributed by atoms with Crippen LogP contribution in [0.1, 0.15) is 13.0 Å². The van der Waals surface area contributed by atoms with Crippen LogP contribution in [0.5, 0.6) is 0 Å². The molecule has 1 aliphatic rings. The fourth-order valence-electron chi connectivity index (χ4n) is 1.88. The molecule has 1 aliphatic heterocycles. The quantitative estimate of drug-likeness (QED) is 0.573. The lowest BCUT2D eigenvalue weighted by Gasteiger charge is -2.08. The van der Waals surface area contributed by atoms with Gasteiger partial charge in [-0.25, -0.2) is 0 Å². The zero-order chi connectivity index (χ0) is 7.97. The molecule has 0 N–H and O–H groups in total. The van der Waals surface area contributed by atoms with Crippen LogP contribution in [0.15, 0.2) is 36.5 Å². The van der Waals surface area contributed by atoms with Gasteiger partial charge in [0.05, 0.1) is 5.52 Å². The van der Waals surface area contributed by atoms with Crippen LogP contribution in [0.25, 0.3) is 17.1 Å². The Bertz CT molecular complexity index is 463. The number of rotatable bonds is 0. The third-order valence-electron chi connectivity index (χ3n) is 2.43. The first-order valence-corrected chi connectivity index (χ1v) is 4.20. The van der Waals surface area contributed by atoms with Crippen LogP contribution < -0.4 is 0 Å². The van der Waals surface area contributed by atoms with E-state index in [-0.39, 0.29) is 7.43 Å². The minimum Gasteiger partial charge on any atom is -0.323 e. The minimum atomic E-state index is 0. The molecule has 0 saturated carbocycles. The summed E-state index contributed by atoms with van der Waals surface area (Å²) in [4.78, 5) is 0. The van der Waals surface area contributed by atoms with Crippen molar-refractivity contribution < 1.29 is 0 Å². The molecule has 3 rings (SSSR count). The van der Waals surface area contributed by atoms with Crippen molar-refractivity contribution in [1.82, 2.24) is 4.57 Å². The van der Waals surface area contributed by atoms with Gasteiger partial charge in [-0.15, -0.1) is 0 Å². The molecule has 1 aromatic heterocycles. The van der Waals surface area contributed by atoms with E-state index in [0.29, 0.717) is 0 Å². The Morgan fingerprint density at radius 1 is 1.15 bits per heavy atom. The molecule has 1 nitrogen and oxygen atoms in total. The molecule has 0 radical (unpaired) electrons. The summed E-state index contributed by atoms with van der Waals surface area (Å²) in [5, 5.41) is 1.34. The monoisotopic (exact) mass is 171 g/mol. The number of allylic oxidation sites excluding steroid dienone is 1. The number of nitrogens with zero attached hydrogens (tertiary/aromatic N) is 1. The van der Waals surface area contributed by atoms with E-state index in [0.717, 1.165) is 6.42 Å². The second-order valence-electron chi connectivity index (χ2n) is 3.17. The number of aromatic nitrogens is 1. The summed E-state index contributed by atoms with van der Waals surface area (Å²) in [5.41, 5.74) is 2.81. The van der Waals surface area contributed by atoms with Crippen LogP contribution >= 0.6 is 0 Å². The average molecular weight is 171 g/mol. The van der Waals surface area contributed by atoms with E-state index >= 15 is 0 Å². The van der Waals surface area contributed by atoms with Gasteiger partial charge in [0.1, 0.15) is 0 Å². The highest BCUT2D eigenvalue weighted by Crippen LogP contribution is 2.23. The fourth-order valence-corrected chi connectivity index (χ4v) is 1.88. The van der Waals surface area contributed by atoms with Crippen molar-refractivity contribution >= 4 is 17.1 Å². The standard InChI is InChI=1S/C11H9N.CH4/c1-3-9-5-2-7-12-8-6-10(4-1)11(9)12;/h1-4,6-8H,5H2;1H4. The molecule has 1 aromatic carbocycles. The van der Waals surface area contributed by atoms with Gasteiger partial charge in [0.2, 0.25) is 0 Å². The Morgan fingerprint density at radius 3 is 3.00 bits per heavy atom. The smallest absolute Gasteiger partial charge is 0.0557 e. The van der Waals surface area contributed by atoms with Crippen molar-refractivity contribution in [3.63, 3.8) is 0 Å². The molecule has 2 heterocycles. The van der Waals surface area contributed by atoms with Crippen molar-refractivity contribution in [2.45, 2.75) is 13.8 Å². The van der Waals surface area contributed by atoms with Crippen LogP contribution in [0.4, 0.5) is 0 Å². The Hall–Kier alpha value is -1.50. The van der Waals surface area contributed by atoms with Gasteiger partial charge in [0.15, 0.2) is 0 Å². The maximum Gasteiger partial charge on any atom is 0.0557 e. The zero-order valence-electron chi connectivity index (χ0n) is 6.70. The first-order valence-electron chi connectivity index (χ1n) is 4.20. The molecule has 2 aromatic rings. The topological polar surface area (TPSA) is 4.93 Å². The SMILES string of the molecule is C.C1=Cn2ccc3cccc(c32)C1. The summed E-state index contributed by atoms with van der Waals surface area (Å²) >= 11 is 0. The predicted molar refractivity (Wildman–Crippen MR) is 57.7 cm³/mol. The zero-order valence-corrected chi connectivity index (χ0v) is 6.70. The highest BCUT2D eigenvalue weighted by Gasteiger charge is 2.06. The van der Waals surface area contributed by atoms with E-state index in [2.05, 4.69) is 47.3 Å². The molecule has 13 heavy (non-hydrogen) atoms. The van der Waals surface area contributed by atoms with Crippen molar-refractivity contribution in [1.29, 1.82) is 0 Å². The van der Waals surface area contributed by atoms with Gasteiger partial charge < -0.3 is 4.57 Å². The first kappa shape index (κ1) is 8.11. The molecule has 0 aliphatic carbocycles. The molecule has 0 unspecified atom stereocenters. The van der Waals surface area contributed by atoms with E-state index in [4.69, 9.17) is 0 Å². The van der Waals surface area contributed by atoms with Crippen LogP contribution in [0.2, 0.25) is 0 Å². The van der Waals surface area contributed by atoms with Gasteiger partial charge in [-0.05, 0) is 18.1 Å². The molecule has 0 bridgehead atoms. The molecule has 1 heteroatoms. The highest BCUT2D eigenvalue weighted by atomic mass is 14.9. The van der Waals surface area contributed by atoms with Crippen LogP contribution in [0.3, 0.4) is 0 Å². The normalized spacial score (nSPS) is 12.9. The minimum absolute atomic E-state index is 0. The van der Waals surface area contributed by atoms with E-state index in [1.165, 1.54) is 16.5 Å². The van der Waals surface area contributed by atoms with E-state index in [1.54, 1.807) is 0 Å². The van der Waals surface area contributed by atoms with Crippen molar-refractivity contribution in [3.8, 4) is 0 Å².